The van der Waals surface area contributed by atoms with Crippen LogP contribution < -0.4 is 4.74 Å². The van der Waals surface area contributed by atoms with Crippen molar-refractivity contribution in [3.63, 3.8) is 0 Å². The zero-order valence-electron chi connectivity index (χ0n) is 10.1. The predicted molar refractivity (Wildman–Crippen MR) is 79.6 cm³/mol. The van der Waals surface area contributed by atoms with Crippen LogP contribution >= 0.6 is 27.5 Å². The minimum Gasteiger partial charge on any atom is -0.489 e. The zero-order valence-corrected chi connectivity index (χ0v) is 12.4. The molecule has 0 bridgehead atoms. The minimum absolute atomic E-state index is 0.413. The van der Waals surface area contributed by atoms with Crippen LogP contribution in [0.3, 0.4) is 0 Å². The number of nitrogens with zero attached hydrogens (tertiary/aromatic N) is 1. The molecule has 0 unspecified atom stereocenters. The van der Waals surface area contributed by atoms with Crippen molar-refractivity contribution in [2.45, 2.75) is 11.9 Å². The predicted octanol–water partition coefficient (Wildman–Crippen LogP) is 4.69. The molecule has 2 nitrogen and oxygen atoms in total. The molecule has 2 aromatic carbocycles. The molecule has 2 aromatic rings. The molecule has 19 heavy (non-hydrogen) atoms. The normalized spacial score (nSPS) is 9.95. The van der Waals surface area contributed by atoms with Crippen LogP contribution in [0.15, 0.2) is 42.5 Å². The van der Waals surface area contributed by atoms with Crippen LogP contribution in [-0.2, 0) is 11.9 Å². The summed E-state index contributed by atoms with van der Waals surface area (Å²) in [7, 11) is 0. The Hall–Kier alpha value is -1.50. The van der Waals surface area contributed by atoms with E-state index in [2.05, 4.69) is 22.0 Å². The van der Waals surface area contributed by atoms with Gasteiger partial charge in [0.25, 0.3) is 0 Å². The van der Waals surface area contributed by atoms with Gasteiger partial charge >= 0.3 is 0 Å². The summed E-state index contributed by atoms with van der Waals surface area (Å²) in [6.45, 7) is 0.413. The lowest BCUT2D eigenvalue weighted by Gasteiger charge is -2.11. The van der Waals surface area contributed by atoms with E-state index in [1.54, 1.807) is 6.07 Å². The molecule has 96 valence electrons. The van der Waals surface area contributed by atoms with E-state index in [0.717, 1.165) is 16.9 Å². The monoisotopic (exact) mass is 335 g/mol. The summed E-state index contributed by atoms with van der Waals surface area (Å²) in [6, 6.07) is 15.1. The molecule has 0 heterocycles. The van der Waals surface area contributed by atoms with Gasteiger partial charge in [-0.25, -0.2) is 0 Å². The summed E-state index contributed by atoms with van der Waals surface area (Å²) < 4.78 is 5.77. The average molecular weight is 337 g/mol. The number of nitriles is 1. The molecular weight excluding hydrogens is 326 g/mol. The fourth-order valence-electron chi connectivity index (χ4n) is 1.70. The Balaban J connectivity index is 2.15. The molecule has 2 rings (SSSR count). The van der Waals surface area contributed by atoms with E-state index >= 15 is 0 Å². The highest BCUT2D eigenvalue weighted by Crippen LogP contribution is 2.29. The fourth-order valence-corrected chi connectivity index (χ4v) is 2.67. The summed E-state index contributed by atoms with van der Waals surface area (Å²) in [6.07, 6.45) is 0. The Morgan fingerprint density at radius 2 is 2.00 bits per heavy atom. The number of alkyl halides is 1. The summed E-state index contributed by atoms with van der Waals surface area (Å²) in [5, 5.41) is 10.2. The first-order valence-corrected chi connectivity index (χ1v) is 7.19. The van der Waals surface area contributed by atoms with Gasteiger partial charge in [0.05, 0.1) is 11.6 Å². The smallest absolute Gasteiger partial charge is 0.125 e. The van der Waals surface area contributed by atoms with E-state index in [1.807, 2.05) is 36.4 Å². The molecule has 0 radical (unpaired) electrons. The van der Waals surface area contributed by atoms with Crippen molar-refractivity contribution >= 4 is 27.5 Å². The van der Waals surface area contributed by atoms with Crippen molar-refractivity contribution in [3.8, 4) is 11.8 Å². The lowest BCUT2D eigenvalue weighted by molar-refractivity contribution is 0.304. The molecular formula is C15H11BrClNO. The molecule has 0 aliphatic rings. The maximum atomic E-state index is 8.85. The van der Waals surface area contributed by atoms with Crippen molar-refractivity contribution in [1.29, 1.82) is 5.26 Å². The second-order valence-electron chi connectivity index (χ2n) is 3.95. The second-order valence-corrected chi connectivity index (χ2v) is 4.92. The van der Waals surface area contributed by atoms with E-state index in [1.165, 1.54) is 0 Å². The molecule has 0 aliphatic carbocycles. The van der Waals surface area contributed by atoms with Crippen LogP contribution in [0, 0.1) is 11.3 Å². The van der Waals surface area contributed by atoms with Crippen LogP contribution in [0.25, 0.3) is 0 Å². The molecule has 0 spiro atoms. The van der Waals surface area contributed by atoms with Crippen molar-refractivity contribution in [2.24, 2.45) is 0 Å². The highest BCUT2D eigenvalue weighted by atomic mass is 79.9. The van der Waals surface area contributed by atoms with E-state index in [0.29, 0.717) is 22.5 Å². The molecule has 0 aliphatic heterocycles. The quantitative estimate of drug-likeness (QED) is 0.759. The number of hydrogen-bond acceptors (Lipinski definition) is 2. The third-order valence-corrected chi connectivity index (χ3v) is 3.57. The van der Waals surface area contributed by atoms with Crippen molar-refractivity contribution in [3.05, 3.63) is 64.2 Å². The van der Waals surface area contributed by atoms with Crippen LogP contribution in [0.2, 0.25) is 5.02 Å². The topological polar surface area (TPSA) is 33.0 Å². The first kappa shape index (κ1) is 13.9. The summed E-state index contributed by atoms with van der Waals surface area (Å²) in [5.74, 6) is 0.756. The third kappa shape index (κ3) is 3.50. The molecule has 0 fully saturated rings. The van der Waals surface area contributed by atoms with Gasteiger partial charge in [-0.3, -0.25) is 0 Å². The molecule has 0 aromatic heterocycles. The van der Waals surface area contributed by atoms with Crippen molar-refractivity contribution in [2.75, 3.05) is 0 Å². The Kier molecular flexibility index (Phi) is 4.84. The lowest BCUT2D eigenvalue weighted by atomic mass is 10.1. The van der Waals surface area contributed by atoms with Gasteiger partial charge < -0.3 is 4.74 Å². The van der Waals surface area contributed by atoms with E-state index in [-0.39, 0.29) is 0 Å². The number of ether oxygens (including phenoxy) is 1. The highest BCUT2D eigenvalue weighted by molar-refractivity contribution is 9.08. The number of halogens is 2. The SMILES string of the molecule is N#Cc1cccc(COc2cccc(Cl)c2CBr)c1. The number of rotatable bonds is 4. The lowest BCUT2D eigenvalue weighted by Crippen LogP contribution is -1.98. The summed E-state index contributed by atoms with van der Waals surface area (Å²) >= 11 is 9.51. The molecule has 0 N–H and O–H groups in total. The van der Waals surface area contributed by atoms with Gasteiger partial charge in [-0.05, 0) is 29.8 Å². The van der Waals surface area contributed by atoms with Gasteiger partial charge in [0, 0.05) is 15.9 Å². The van der Waals surface area contributed by atoms with Crippen LogP contribution in [0.4, 0.5) is 0 Å². The van der Waals surface area contributed by atoms with Crippen LogP contribution in [-0.4, -0.2) is 0 Å². The van der Waals surface area contributed by atoms with Crippen LogP contribution in [0.5, 0.6) is 5.75 Å². The third-order valence-electron chi connectivity index (χ3n) is 2.66. The van der Waals surface area contributed by atoms with Crippen molar-refractivity contribution in [1.82, 2.24) is 0 Å². The molecule has 0 amide bonds. The second kappa shape index (κ2) is 6.60. The number of hydrogen-bond donors (Lipinski definition) is 0. The van der Waals surface area contributed by atoms with Gasteiger partial charge in [-0.1, -0.05) is 45.7 Å². The largest absolute Gasteiger partial charge is 0.489 e. The first-order valence-electron chi connectivity index (χ1n) is 5.70. The maximum absolute atomic E-state index is 8.85. The van der Waals surface area contributed by atoms with Gasteiger partial charge in [0.15, 0.2) is 0 Å². The van der Waals surface area contributed by atoms with Crippen LogP contribution in [0.1, 0.15) is 16.7 Å². The van der Waals surface area contributed by atoms with E-state index < -0.39 is 0 Å². The van der Waals surface area contributed by atoms with Gasteiger partial charge in [0.1, 0.15) is 12.4 Å². The minimum atomic E-state index is 0.413. The number of benzene rings is 2. The first-order chi connectivity index (χ1) is 9.24. The van der Waals surface area contributed by atoms with Gasteiger partial charge in [-0.2, -0.15) is 5.26 Å². The standard InChI is InChI=1S/C15H11BrClNO/c16-8-13-14(17)5-2-6-15(13)19-10-12-4-1-3-11(7-12)9-18/h1-7H,8,10H2. The molecule has 0 saturated heterocycles. The van der Waals surface area contributed by atoms with E-state index in [4.69, 9.17) is 21.6 Å². The van der Waals surface area contributed by atoms with Crippen molar-refractivity contribution < 1.29 is 4.74 Å². The fraction of sp³-hybridized carbons (Fsp3) is 0.133. The zero-order chi connectivity index (χ0) is 13.7. The maximum Gasteiger partial charge on any atom is 0.125 e. The molecule has 0 saturated carbocycles. The molecule has 0 atom stereocenters. The van der Waals surface area contributed by atoms with Gasteiger partial charge in [-0.15, -0.1) is 0 Å². The average Bonchev–Trinajstić information content (AvgIpc) is 2.45. The highest BCUT2D eigenvalue weighted by Gasteiger charge is 2.07. The summed E-state index contributed by atoms with van der Waals surface area (Å²) in [5.41, 5.74) is 2.52. The summed E-state index contributed by atoms with van der Waals surface area (Å²) in [4.78, 5) is 0. The van der Waals surface area contributed by atoms with E-state index in [9.17, 15) is 0 Å². The Labute approximate surface area is 125 Å². The Bertz CT molecular complexity index is 622. The Morgan fingerprint density at radius 3 is 2.74 bits per heavy atom. The molecule has 4 heteroatoms. The van der Waals surface area contributed by atoms with Gasteiger partial charge in [0.2, 0.25) is 0 Å². The Morgan fingerprint density at radius 1 is 1.21 bits per heavy atom.